The van der Waals surface area contributed by atoms with Gasteiger partial charge >= 0.3 is 6.09 Å². The first-order valence-electron chi connectivity index (χ1n) is 6.83. The number of ether oxygens (including phenoxy) is 1. The fourth-order valence-corrected chi connectivity index (χ4v) is 2.12. The van der Waals surface area contributed by atoms with Gasteiger partial charge in [0.2, 0.25) is 5.91 Å². The highest BCUT2D eigenvalue weighted by molar-refractivity contribution is 5.99. The molecule has 2 rings (SSSR count). The first kappa shape index (κ1) is 15.8. The van der Waals surface area contributed by atoms with Crippen LogP contribution in [0.5, 0.6) is 0 Å². The van der Waals surface area contributed by atoms with E-state index < -0.39 is 11.7 Å². The minimum Gasteiger partial charge on any atom is -0.443 e. The van der Waals surface area contributed by atoms with Crippen LogP contribution < -0.4 is 5.32 Å². The second-order valence-corrected chi connectivity index (χ2v) is 5.96. The van der Waals surface area contributed by atoms with Crippen LogP contribution in [-0.4, -0.2) is 28.5 Å². The largest absolute Gasteiger partial charge is 0.443 e. The van der Waals surface area contributed by atoms with Gasteiger partial charge < -0.3 is 10.1 Å². The minimum atomic E-state index is -0.663. The summed E-state index contributed by atoms with van der Waals surface area (Å²) in [6.07, 6.45) is -0.0148. The van der Waals surface area contributed by atoms with Gasteiger partial charge in [0.05, 0.1) is 11.2 Å². The van der Waals surface area contributed by atoms with E-state index in [1.807, 2.05) is 0 Å². The van der Waals surface area contributed by atoms with Crippen LogP contribution in [0.3, 0.4) is 0 Å². The number of aromatic nitrogens is 1. The number of rotatable bonds is 2. The number of fused-ring (bicyclic) bond motifs is 1. The van der Waals surface area contributed by atoms with E-state index in [9.17, 15) is 14.4 Å². The Morgan fingerprint density at radius 2 is 1.91 bits per heavy atom. The second-order valence-electron chi connectivity index (χ2n) is 5.96. The van der Waals surface area contributed by atoms with Gasteiger partial charge in [0, 0.05) is 18.0 Å². The number of benzene rings is 1. The molecule has 1 amide bonds. The van der Waals surface area contributed by atoms with Crippen LogP contribution >= 0.6 is 0 Å². The average Bonchev–Trinajstić information content (AvgIpc) is 2.73. The van der Waals surface area contributed by atoms with Gasteiger partial charge in [-0.25, -0.2) is 9.36 Å². The van der Waals surface area contributed by atoms with E-state index in [2.05, 4.69) is 5.32 Å². The number of aldehydes is 1. The molecular weight excluding hydrogens is 284 g/mol. The zero-order chi connectivity index (χ0) is 16.5. The van der Waals surface area contributed by atoms with Gasteiger partial charge in [-0.15, -0.1) is 0 Å². The number of hydrogen-bond acceptors (Lipinski definition) is 4. The smallest absolute Gasteiger partial charge is 0.419 e. The molecule has 0 saturated carbocycles. The third-order valence-electron chi connectivity index (χ3n) is 2.85. The Morgan fingerprint density at radius 3 is 2.45 bits per heavy atom. The predicted molar refractivity (Wildman–Crippen MR) is 83.3 cm³/mol. The van der Waals surface area contributed by atoms with E-state index in [0.717, 1.165) is 0 Å². The highest BCUT2D eigenvalue weighted by Crippen LogP contribution is 2.24. The number of anilines is 1. The predicted octanol–water partition coefficient (Wildman–Crippen LogP) is 3.20. The van der Waals surface area contributed by atoms with Crippen molar-refractivity contribution in [1.82, 2.24) is 4.57 Å². The number of amides is 1. The summed E-state index contributed by atoms with van der Waals surface area (Å²) in [5.74, 6) is -0.193. The summed E-state index contributed by atoms with van der Waals surface area (Å²) < 4.78 is 6.55. The number of carbonyl (C=O) groups is 3. The summed E-state index contributed by atoms with van der Waals surface area (Å²) in [6.45, 7) is 6.68. The van der Waals surface area contributed by atoms with Gasteiger partial charge in [0.1, 0.15) is 5.60 Å². The maximum absolute atomic E-state index is 12.3. The highest BCUT2D eigenvalue weighted by Gasteiger charge is 2.22. The zero-order valence-corrected chi connectivity index (χ0v) is 13.0. The average molecular weight is 302 g/mol. The molecule has 1 N–H and O–H groups in total. The summed E-state index contributed by atoms with van der Waals surface area (Å²) in [5.41, 5.74) is 0.678. The molecule has 0 saturated heterocycles. The third kappa shape index (κ3) is 3.33. The Morgan fingerprint density at radius 1 is 1.23 bits per heavy atom. The lowest BCUT2D eigenvalue weighted by Crippen LogP contribution is -2.27. The Kier molecular flexibility index (Phi) is 4.03. The molecule has 0 aliphatic rings. The fraction of sp³-hybridized carbons (Fsp3) is 0.312. The van der Waals surface area contributed by atoms with E-state index in [1.54, 1.807) is 45.0 Å². The van der Waals surface area contributed by atoms with Crippen LogP contribution in [0.2, 0.25) is 0 Å². The maximum atomic E-state index is 12.3. The number of nitrogens with zero attached hydrogens (tertiary/aromatic N) is 1. The van der Waals surface area contributed by atoms with Crippen molar-refractivity contribution in [2.45, 2.75) is 33.3 Å². The molecule has 2 aromatic rings. The van der Waals surface area contributed by atoms with Crippen LogP contribution in [0, 0.1) is 0 Å². The molecule has 0 unspecified atom stereocenters. The molecular formula is C16H18N2O4. The number of hydrogen-bond donors (Lipinski definition) is 1. The van der Waals surface area contributed by atoms with Crippen LogP contribution in [0.25, 0.3) is 10.9 Å². The van der Waals surface area contributed by atoms with Gasteiger partial charge in [0.15, 0.2) is 6.29 Å². The van der Waals surface area contributed by atoms with Crippen LogP contribution in [0.1, 0.15) is 38.2 Å². The van der Waals surface area contributed by atoms with Crippen molar-refractivity contribution in [3.63, 3.8) is 0 Å². The van der Waals surface area contributed by atoms with Crippen molar-refractivity contribution in [1.29, 1.82) is 0 Å². The molecule has 0 aliphatic heterocycles. The molecule has 0 spiro atoms. The normalized spacial score (nSPS) is 11.3. The van der Waals surface area contributed by atoms with Gasteiger partial charge in [-0.05, 0) is 45.0 Å². The zero-order valence-electron chi connectivity index (χ0n) is 13.0. The molecule has 22 heavy (non-hydrogen) atoms. The van der Waals surface area contributed by atoms with Crippen molar-refractivity contribution >= 4 is 34.9 Å². The number of carbonyl (C=O) groups excluding carboxylic acids is 3. The summed E-state index contributed by atoms with van der Waals surface area (Å²) in [4.78, 5) is 34.6. The van der Waals surface area contributed by atoms with Crippen LogP contribution in [-0.2, 0) is 9.53 Å². The van der Waals surface area contributed by atoms with E-state index in [0.29, 0.717) is 22.9 Å². The Hall–Kier alpha value is -2.63. The highest BCUT2D eigenvalue weighted by atomic mass is 16.6. The summed E-state index contributed by atoms with van der Waals surface area (Å²) in [5, 5.41) is 3.32. The van der Waals surface area contributed by atoms with E-state index in [1.165, 1.54) is 11.5 Å². The molecule has 0 bridgehead atoms. The van der Waals surface area contributed by atoms with E-state index in [4.69, 9.17) is 4.74 Å². The molecule has 0 aliphatic carbocycles. The van der Waals surface area contributed by atoms with Gasteiger partial charge in [-0.3, -0.25) is 9.59 Å². The van der Waals surface area contributed by atoms with Crippen molar-refractivity contribution in [2.75, 3.05) is 5.32 Å². The molecule has 116 valence electrons. The van der Waals surface area contributed by atoms with Crippen molar-refractivity contribution in [3.05, 3.63) is 30.0 Å². The first-order valence-corrected chi connectivity index (χ1v) is 6.83. The lowest BCUT2D eigenvalue weighted by atomic mass is 10.2. The SMILES string of the molecule is CC(=O)Nc1ccc2c(c1)cc(C=O)n2C(=O)OC(C)(C)C. The van der Waals surface area contributed by atoms with Gasteiger partial charge in [-0.1, -0.05) is 0 Å². The summed E-state index contributed by atoms with van der Waals surface area (Å²) >= 11 is 0. The summed E-state index contributed by atoms with van der Waals surface area (Å²) in [6, 6.07) is 6.61. The molecule has 0 radical (unpaired) electrons. The minimum absolute atomic E-state index is 0.193. The third-order valence-corrected chi connectivity index (χ3v) is 2.85. The molecule has 0 atom stereocenters. The monoisotopic (exact) mass is 302 g/mol. The van der Waals surface area contributed by atoms with Gasteiger partial charge in [-0.2, -0.15) is 0 Å². The second kappa shape index (κ2) is 5.63. The topological polar surface area (TPSA) is 77.4 Å². The van der Waals surface area contributed by atoms with E-state index >= 15 is 0 Å². The lowest BCUT2D eigenvalue weighted by molar-refractivity contribution is -0.114. The maximum Gasteiger partial charge on any atom is 0.419 e. The Bertz CT molecular complexity index is 753. The lowest BCUT2D eigenvalue weighted by Gasteiger charge is -2.20. The van der Waals surface area contributed by atoms with Gasteiger partial charge in [0.25, 0.3) is 0 Å². The molecule has 1 heterocycles. The van der Waals surface area contributed by atoms with Crippen LogP contribution in [0.4, 0.5) is 10.5 Å². The molecule has 6 heteroatoms. The van der Waals surface area contributed by atoms with E-state index in [-0.39, 0.29) is 11.6 Å². The molecule has 1 aromatic heterocycles. The fourth-order valence-electron chi connectivity index (χ4n) is 2.12. The first-order chi connectivity index (χ1) is 10.2. The van der Waals surface area contributed by atoms with Crippen molar-refractivity contribution in [3.8, 4) is 0 Å². The Labute approximate surface area is 128 Å². The number of nitrogens with one attached hydrogen (secondary N) is 1. The molecule has 0 fully saturated rings. The molecule has 1 aromatic carbocycles. The Balaban J connectivity index is 2.51. The van der Waals surface area contributed by atoms with Crippen molar-refractivity contribution < 1.29 is 19.1 Å². The van der Waals surface area contributed by atoms with Crippen LogP contribution in [0.15, 0.2) is 24.3 Å². The standard InChI is InChI=1S/C16H18N2O4/c1-10(20)17-12-5-6-14-11(7-12)8-13(9-19)18(14)15(21)22-16(2,3)4/h5-9H,1-4H3,(H,17,20). The molecule has 6 nitrogen and oxygen atoms in total. The summed E-state index contributed by atoms with van der Waals surface area (Å²) in [7, 11) is 0. The van der Waals surface area contributed by atoms with Crippen molar-refractivity contribution in [2.24, 2.45) is 0 Å². The quantitative estimate of drug-likeness (QED) is 0.864.